The number of hydrogen-bond donors (Lipinski definition) is 1. The zero-order valence-electron chi connectivity index (χ0n) is 18.0. The molecule has 0 amide bonds. The van der Waals surface area contributed by atoms with Crippen molar-refractivity contribution >= 4 is 40.1 Å². The molecule has 0 saturated heterocycles. The van der Waals surface area contributed by atoms with Crippen molar-refractivity contribution in [2.45, 2.75) is 33.2 Å². The summed E-state index contributed by atoms with van der Waals surface area (Å²) in [5.41, 5.74) is 2.18. The molecule has 0 saturated carbocycles. The Bertz CT molecular complexity index is 989. The number of halogens is 3. The average Bonchev–Trinajstić information content (AvgIpc) is 3.18. The summed E-state index contributed by atoms with van der Waals surface area (Å²) >= 11 is 13.7. The lowest BCUT2D eigenvalue weighted by atomic mass is 10.2. The highest BCUT2D eigenvalue weighted by Crippen LogP contribution is 2.37. The summed E-state index contributed by atoms with van der Waals surface area (Å²) in [6, 6.07) is 3.00. The van der Waals surface area contributed by atoms with Gasteiger partial charge < -0.3 is 14.7 Å². The minimum Gasteiger partial charge on any atom is -0.490 e. The Hall–Kier alpha value is -1.93. The Labute approximate surface area is 196 Å². The first kappa shape index (κ1) is 25.3. The van der Waals surface area contributed by atoms with E-state index in [9.17, 15) is 4.39 Å². The standard InChI is InChI=1S/C22H26Cl2FN3O2S/c1-13(2)28(5)15(4)10-16(9-14(3)23)21-26-27-22(31-21)17-11-19(25)20(12-18(17)24)30-8-6-7-29/h9-13,29H,3,6-8H2,1-2,4-5H3/b15-10+,16-9+. The van der Waals surface area contributed by atoms with E-state index < -0.39 is 5.82 Å². The highest BCUT2D eigenvalue weighted by molar-refractivity contribution is 7.15. The van der Waals surface area contributed by atoms with E-state index in [0.717, 1.165) is 11.3 Å². The molecule has 168 valence electrons. The van der Waals surface area contributed by atoms with Gasteiger partial charge in [0.2, 0.25) is 0 Å². The van der Waals surface area contributed by atoms with Gasteiger partial charge >= 0.3 is 0 Å². The van der Waals surface area contributed by atoms with Crippen molar-refractivity contribution in [3.05, 3.63) is 57.4 Å². The Kier molecular flexibility index (Phi) is 9.50. The number of ether oxygens (including phenoxy) is 1. The zero-order chi connectivity index (χ0) is 23.1. The van der Waals surface area contributed by atoms with Crippen molar-refractivity contribution in [2.24, 2.45) is 0 Å². The van der Waals surface area contributed by atoms with E-state index in [1.807, 2.05) is 20.0 Å². The molecule has 2 rings (SSSR count). The first-order valence-electron chi connectivity index (χ1n) is 9.68. The first-order chi connectivity index (χ1) is 14.6. The molecule has 1 N–H and O–H groups in total. The van der Waals surface area contributed by atoms with Crippen molar-refractivity contribution in [1.82, 2.24) is 15.1 Å². The number of allylic oxidation sites excluding steroid dienone is 5. The van der Waals surface area contributed by atoms with Crippen molar-refractivity contribution in [3.63, 3.8) is 0 Å². The van der Waals surface area contributed by atoms with Crippen LogP contribution in [0.15, 0.2) is 41.6 Å². The van der Waals surface area contributed by atoms with Gasteiger partial charge in [0.15, 0.2) is 11.6 Å². The number of rotatable bonds is 10. The summed E-state index contributed by atoms with van der Waals surface area (Å²) in [5.74, 6) is -0.533. The van der Waals surface area contributed by atoms with Gasteiger partial charge in [-0.15, -0.1) is 10.2 Å². The zero-order valence-corrected chi connectivity index (χ0v) is 20.3. The van der Waals surface area contributed by atoms with E-state index >= 15 is 0 Å². The molecule has 0 spiro atoms. The number of nitrogens with zero attached hydrogens (tertiary/aromatic N) is 3. The van der Waals surface area contributed by atoms with Crippen LogP contribution in [0.1, 0.15) is 32.2 Å². The van der Waals surface area contributed by atoms with Crippen molar-refractivity contribution in [3.8, 4) is 16.3 Å². The maximum absolute atomic E-state index is 14.5. The Morgan fingerprint density at radius 1 is 1.35 bits per heavy atom. The molecule has 31 heavy (non-hydrogen) atoms. The summed E-state index contributed by atoms with van der Waals surface area (Å²) < 4.78 is 19.8. The summed E-state index contributed by atoms with van der Waals surface area (Å²) in [6.07, 6.45) is 4.07. The molecular weight excluding hydrogens is 460 g/mol. The van der Waals surface area contributed by atoms with Crippen molar-refractivity contribution in [2.75, 3.05) is 20.3 Å². The number of aromatic nitrogens is 2. The molecule has 0 aliphatic heterocycles. The topological polar surface area (TPSA) is 58.5 Å². The SMILES string of the molecule is C=C(Cl)/C=C(\C=C(/C)N(C)C(C)C)c1nnc(-c2cc(F)c(OCCCO)cc2Cl)s1. The highest BCUT2D eigenvalue weighted by Gasteiger charge is 2.17. The maximum atomic E-state index is 14.5. The predicted molar refractivity (Wildman–Crippen MR) is 127 cm³/mol. The van der Waals surface area contributed by atoms with Gasteiger partial charge in [0.05, 0.1) is 11.6 Å². The van der Waals surface area contributed by atoms with E-state index in [4.69, 9.17) is 33.0 Å². The number of hydrogen-bond acceptors (Lipinski definition) is 6. The second-order valence-corrected chi connectivity index (χ2v) is 9.01. The third-order valence-corrected chi connectivity index (χ3v) is 5.92. The first-order valence-corrected chi connectivity index (χ1v) is 11.3. The van der Waals surface area contributed by atoms with Crippen LogP contribution in [0.25, 0.3) is 16.1 Å². The average molecular weight is 486 g/mol. The third kappa shape index (κ3) is 7.04. The lowest BCUT2D eigenvalue weighted by molar-refractivity contribution is 0.228. The molecule has 5 nitrogen and oxygen atoms in total. The summed E-state index contributed by atoms with van der Waals surface area (Å²) in [5, 5.41) is 19.0. The molecule has 1 aromatic carbocycles. The van der Waals surface area contributed by atoms with Crippen molar-refractivity contribution in [1.29, 1.82) is 0 Å². The highest BCUT2D eigenvalue weighted by atomic mass is 35.5. The molecule has 2 aromatic rings. The van der Waals surface area contributed by atoms with Gasteiger partial charge in [0.1, 0.15) is 10.0 Å². The molecule has 0 bridgehead atoms. The second-order valence-electron chi connectivity index (χ2n) is 7.14. The molecule has 0 atom stereocenters. The molecule has 0 unspecified atom stereocenters. The van der Waals surface area contributed by atoms with Crippen LogP contribution < -0.4 is 4.74 Å². The number of benzene rings is 1. The molecule has 1 heterocycles. The lowest BCUT2D eigenvalue weighted by Gasteiger charge is -2.24. The van der Waals surface area contributed by atoms with E-state index in [0.29, 0.717) is 38.1 Å². The normalized spacial score (nSPS) is 12.4. The van der Waals surface area contributed by atoms with Crippen LogP contribution in [0.5, 0.6) is 5.75 Å². The Balaban J connectivity index is 2.39. The van der Waals surface area contributed by atoms with Crippen LogP contribution in [0, 0.1) is 5.82 Å². The lowest BCUT2D eigenvalue weighted by Crippen LogP contribution is -2.24. The van der Waals surface area contributed by atoms with Gasteiger partial charge in [-0.3, -0.25) is 0 Å². The summed E-state index contributed by atoms with van der Waals surface area (Å²) in [6.45, 7) is 10.1. The fraction of sp³-hybridized carbons (Fsp3) is 0.364. The number of aliphatic hydroxyl groups is 1. The van der Waals surface area contributed by atoms with Gasteiger partial charge in [-0.05, 0) is 39.0 Å². The predicted octanol–water partition coefficient (Wildman–Crippen LogP) is 6.14. The molecular formula is C22H26Cl2FN3O2S. The van der Waals surface area contributed by atoms with E-state index in [2.05, 4.69) is 35.5 Å². The van der Waals surface area contributed by atoms with Crippen LogP contribution in [0.2, 0.25) is 5.02 Å². The van der Waals surface area contributed by atoms with Gasteiger partial charge in [-0.25, -0.2) is 4.39 Å². The monoisotopic (exact) mass is 485 g/mol. The third-order valence-electron chi connectivity index (χ3n) is 4.49. The smallest absolute Gasteiger partial charge is 0.165 e. The van der Waals surface area contributed by atoms with E-state index in [-0.39, 0.29) is 19.0 Å². The minimum absolute atomic E-state index is 0.0289. The molecule has 0 fully saturated rings. The van der Waals surface area contributed by atoms with Crippen LogP contribution in [0.4, 0.5) is 4.39 Å². The van der Waals surface area contributed by atoms with Crippen LogP contribution in [-0.4, -0.2) is 46.5 Å². The van der Waals surface area contributed by atoms with Crippen LogP contribution >= 0.6 is 34.5 Å². The van der Waals surface area contributed by atoms with Crippen LogP contribution in [-0.2, 0) is 0 Å². The largest absolute Gasteiger partial charge is 0.490 e. The summed E-state index contributed by atoms with van der Waals surface area (Å²) in [4.78, 5) is 2.12. The number of aliphatic hydroxyl groups excluding tert-OH is 1. The maximum Gasteiger partial charge on any atom is 0.165 e. The molecule has 0 radical (unpaired) electrons. The van der Waals surface area contributed by atoms with Crippen molar-refractivity contribution < 1.29 is 14.2 Å². The minimum atomic E-state index is -0.562. The second kappa shape index (κ2) is 11.6. The van der Waals surface area contributed by atoms with Gasteiger partial charge in [0, 0.05) is 54.0 Å². The molecule has 0 aliphatic rings. The fourth-order valence-corrected chi connectivity index (χ4v) is 3.84. The van der Waals surface area contributed by atoms with Gasteiger partial charge in [-0.1, -0.05) is 41.1 Å². The van der Waals surface area contributed by atoms with Gasteiger partial charge in [0.25, 0.3) is 0 Å². The molecule has 0 aliphatic carbocycles. The molecule has 1 aromatic heterocycles. The fourth-order valence-electron chi connectivity index (χ4n) is 2.57. The molecule has 9 heteroatoms. The summed E-state index contributed by atoms with van der Waals surface area (Å²) in [7, 11) is 2.00. The van der Waals surface area contributed by atoms with E-state index in [1.165, 1.54) is 23.5 Å². The van der Waals surface area contributed by atoms with E-state index in [1.54, 1.807) is 6.08 Å². The van der Waals surface area contributed by atoms with Gasteiger partial charge in [-0.2, -0.15) is 0 Å². The quantitative estimate of drug-likeness (QED) is 0.323. The Morgan fingerprint density at radius 3 is 2.68 bits per heavy atom. The Morgan fingerprint density at radius 2 is 2.06 bits per heavy atom. The van der Waals surface area contributed by atoms with Crippen LogP contribution in [0.3, 0.4) is 0 Å².